The van der Waals surface area contributed by atoms with Gasteiger partial charge in [-0.15, -0.1) is 10.2 Å². The summed E-state index contributed by atoms with van der Waals surface area (Å²) in [5.74, 6) is 0.0237. The predicted molar refractivity (Wildman–Crippen MR) is 84.4 cm³/mol. The van der Waals surface area contributed by atoms with Crippen LogP contribution in [0.25, 0.3) is 0 Å². The number of nitrogens with one attached hydrogen (secondary N) is 1. The normalized spacial score (nSPS) is 14.8. The molecule has 0 unspecified atom stereocenters. The smallest absolute Gasteiger partial charge is 0.257 e. The zero-order chi connectivity index (χ0) is 15.9. The number of hydrogen-bond donors (Lipinski definition) is 1. The quantitative estimate of drug-likeness (QED) is 0.908. The van der Waals surface area contributed by atoms with Crippen LogP contribution in [0.15, 0.2) is 23.1 Å². The Bertz CT molecular complexity index is 844. The summed E-state index contributed by atoms with van der Waals surface area (Å²) in [6, 6.07) is 4.12. The van der Waals surface area contributed by atoms with Gasteiger partial charge in [0.2, 0.25) is 5.13 Å². The van der Waals surface area contributed by atoms with E-state index in [9.17, 15) is 13.2 Å². The lowest BCUT2D eigenvalue weighted by atomic mass is 10.2. The van der Waals surface area contributed by atoms with Crippen LogP contribution >= 0.6 is 22.9 Å². The van der Waals surface area contributed by atoms with Crippen molar-refractivity contribution in [1.29, 1.82) is 0 Å². The molecule has 0 radical (unpaired) electrons. The second-order valence-corrected chi connectivity index (χ2v) is 8.49. The average molecular weight is 358 g/mol. The minimum absolute atomic E-state index is 0.0715. The molecule has 1 aromatic carbocycles. The van der Waals surface area contributed by atoms with Gasteiger partial charge >= 0.3 is 0 Å². The summed E-state index contributed by atoms with van der Waals surface area (Å²) in [6.45, 7) is 0. The fourth-order valence-electron chi connectivity index (χ4n) is 1.88. The monoisotopic (exact) mass is 357 g/mol. The number of sulfone groups is 1. The number of rotatable bonds is 4. The van der Waals surface area contributed by atoms with Gasteiger partial charge in [-0.1, -0.05) is 22.9 Å². The number of carbonyl (C=O) groups excluding carboxylic acids is 1. The Labute approximate surface area is 136 Å². The fraction of sp³-hybridized carbons (Fsp3) is 0.308. The largest absolute Gasteiger partial charge is 0.296 e. The number of carbonyl (C=O) groups is 1. The van der Waals surface area contributed by atoms with E-state index in [2.05, 4.69) is 15.5 Å². The maximum atomic E-state index is 12.2. The molecule has 1 fully saturated rings. The molecule has 1 aromatic heterocycles. The van der Waals surface area contributed by atoms with Gasteiger partial charge in [0.15, 0.2) is 9.84 Å². The SMILES string of the molecule is CS(=O)(=O)c1cc(C(=O)Nc2nnc(C3CC3)s2)ccc1Cl. The van der Waals surface area contributed by atoms with Crippen LogP contribution in [0.2, 0.25) is 5.02 Å². The number of aromatic nitrogens is 2. The van der Waals surface area contributed by atoms with Crippen molar-refractivity contribution in [2.45, 2.75) is 23.7 Å². The van der Waals surface area contributed by atoms with Crippen molar-refractivity contribution >= 4 is 43.8 Å². The van der Waals surface area contributed by atoms with Crippen molar-refractivity contribution in [2.75, 3.05) is 11.6 Å². The molecule has 1 aliphatic rings. The van der Waals surface area contributed by atoms with Crippen LogP contribution in [0.5, 0.6) is 0 Å². The first-order chi connectivity index (χ1) is 10.3. The van der Waals surface area contributed by atoms with Gasteiger partial charge in [-0.2, -0.15) is 0 Å². The summed E-state index contributed by atoms with van der Waals surface area (Å²) in [4.78, 5) is 12.1. The average Bonchev–Trinajstić information content (AvgIpc) is 3.19. The molecule has 1 amide bonds. The topological polar surface area (TPSA) is 89.0 Å². The number of hydrogen-bond acceptors (Lipinski definition) is 6. The number of anilines is 1. The molecule has 0 spiro atoms. The van der Waals surface area contributed by atoms with Crippen molar-refractivity contribution in [1.82, 2.24) is 10.2 Å². The third kappa shape index (κ3) is 3.29. The van der Waals surface area contributed by atoms with Crippen molar-refractivity contribution < 1.29 is 13.2 Å². The highest BCUT2D eigenvalue weighted by molar-refractivity contribution is 7.90. The lowest BCUT2D eigenvalue weighted by Gasteiger charge is -2.05. The molecule has 1 heterocycles. The maximum Gasteiger partial charge on any atom is 0.257 e. The van der Waals surface area contributed by atoms with Crippen molar-refractivity contribution in [2.24, 2.45) is 0 Å². The van der Waals surface area contributed by atoms with Crippen molar-refractivity contribution in [3.05, 3.63) is 33.8 Å². The fourth-order valence-corrected chi connectivity index (χ4v) is 4.09. The van der Waals surface area contributed by atoms with Gasteiger partial charge in [0.05, 0.1) is 9.92 Å². The zero-order valence-electron chi connectivity index (χ0n) is 11.5. The van der Waals surface area contributed by atoms with Gasteiger partial charge in [0.1, 0.15) is 5.01 Å². The molecular weight excluding hydrogens is 346 g/mol. The first-order valence-corrected chi connectivity index (χ1v) is 9.57. The van der Waals surface area contributed by atoms with E-state index >= 15 is 0 Å². The molecule has 1 N–H and O–H groups in total. The van der Waals surface area contributed by atoms with Crippen LogP contribution in [0, 0.1) is 0 Å². The van der Waals surface area contributed by atoms with E-state index in [0.717, 1.165) is 24.1 Å². The Morgan fingerprint density at radius 1 is 1.36 bits per heavy atom. The van der Waals surface area contributed by atoms with Crippen LogP contribution in [0.3, 0.4) is 0 Å². The van der Waals surface area contributed by atoms with E-state index in [1.54, 1.807) is 0 Å². The highest BCUT2D eigenvalue weighted by atomic mass is 35.5. The summed E-state index contributed by atoms with van der Waals surface area (Å²) in [5, 5.41) is 12.0. The van der Waals surface area contributed by atoms with Gasteiger partial charge in [0, 0.05) is 17.7 Å². The number of amides is 1. The third-order valence-corrected chi connectivity index (χ3v) is 5.76. The summed E-state index contributed by atoms with van der Waals surface area (Å²) in [5.41, 5.74) is 0.202. The minimum atomic E-state index is -3.50. The standard InChI is InChI=1S/C13H12ClN3O3S2/c1-22(19,20)10-6-8(4-5-9(10)14)11(18)15-13-17-16-12(21-13)7-2-3-7/h4-7H,2-3H2,1H3,(H,15,17,18). The molecular formula is C13H12ClN3O3S2. The van der Waals surface area contributed by atoms with Crippen LogP contribution in [-0.2, 0) is 9.84 Å². The first kappa shape index (κ1) is 15.4. The van der Waals surface area contributed by atoms with Crippen molar-refractivity contribution in [3.8, 4) is 0 Å². The van der Waals surface area contributed by atoms with Gasteiger partial charge in [-0.3, -0.25) is 10.1 Å². The molecule has 3 rings (SSSR count). The number of halogens is 1. The van der Waals surface area contributed by atoms with E-state index in [4.69, 9.17) is 11.6 Å². The molecule has 0 aliphatic heterocycles. The van der Waals surface area contributed by atoms with Crippen LogP contribution in [0.4, 0.5) is 5.13 Å². The van der Waals surface area contributed by atoms with Gasteiger partial charge in [-0.05, 0) is 31.0 Å². The highest BCUT2D eigenvalue weighted by Gasteiger charge is 2.27. The minimum Gasteiger partial charge on any atom is -0.296 e. The van der Waals surface area contributed by atoms with Crippen molar-refractivity contribution in [3.63, 3.8) is 0 Å². The van der Waals surface area contributed by atoms with Crippen LogP contribution < -0.4 is 5.32 Å². The first-order valence-electron chi connectivity index (χ1n) is 6.49. The molecule has 2 aromatic rings. The zero-order valence-corrected chi connectivity index (χ0v) is 13.9. The molecule has 116 valence electrons. The van der Waals surface area contributed by atoms with E-state index in [0.29, 0.717) is 11.0 Å². The lowest BCUT2D eigenvalue weighted by Crippen LogP contribution is -2.12. The summed E-state index contributed by atoms with van der Waals surface area (Å²) >= 11 is 7.20. The molecule has 6 nitrogen and oxygen atoms in total. The van der Waals surface area contributed by atoms with E-state index in [1.807, 2.05) is 0 Å². The maximum absolute atomic E-state index is 12.2. The van der Waals surface area contributed by atoms with Gasteiger partial charge in [0.25, 0.3) is 5.91 Å². The number of nitrogens with zero attached hydrogens (tertiary/aromatic N) is 2. The second-order valence-electron chi connectivity index (χ2n) is 5.09. The predicted octanol–water partition coefficient (Wildman–Crippen LogP) is 2.72. The Morgan fingerprint density at radius 3 is 2.73 bits per heavy atom. The summed E-state index contributed by atoms with van der Waals surface area (Å²) < 4.78 is 23.3. The molecule has 0 atom stereocenters. The van der Waals surface area contributed by atoms with E-state index in [1.165, 1.54) is 29.5 Å². The van der Waals surface area contributed by atoms with Crippen LogP contribution in [-0.4, -0.2) is 30.8 Å². The van der Waals surface area contributed by atoms with E-state index in [-0.39, 0.29) is 15.5 Å². The Kier molecular flexibility index (Phi) is 3.92. The van der Waals surface area contributed by atoms with E-state index < -0.39 is 15.7 Å². The Hall–Kier alpha value is -1.51. The third-order valence-electron chi connectivity index (χ3n) is 3.18. The van der Waals surface area contributed by atoms with Crippen LogP contribution in [0.1, 0.15) is 34.1 Å². The molecule has 1 aliphatic carbocycles. The highest BCUT2D eigenvalue weighted by Crippen LogP contribution is 2.42. The molecule has 22 heavy (non-hydrogen) atoms. The Morgan fingerprint density at radius 2 is 2.09 bits per heavy atom. The van der Waals surface area contributed by atoms with Gasteiger partial charge < -0.3 is 0 Å². The lowest BCUT2D eigenvalue weighted by molar-refractivity contribution is 0.102. The molecule has 1 saturated carbocycles. The summed E-state index contributed by atoms with van der Waals surface area (Å²) in [6.07, 6.45) is 3.26. The molecule has 0 bridgehead atoms. The molecule has 9 heteroatoms. The second kappa shape index (κ2) is 5.60. The number of benzene rings is 1. The Balaban J connectivity index is 1.82. The summed E-state index contributed by atoms with van der Waals surface area (Å²) in [7, 11) is -3.50. The van der Waals surface area contributed by atoms with Gasteiger partial charge in [-0.25, -0.2) is 8.42 Å². The molecule has 0 saturated heterocycles.